The Kier molecular flexibility index (Phi) is 3.30. The molecule has 5 nitrogen and oxygen atoms in total. The Morgan fingerprint density at radius 2 is 1.92 bits per heavy atom. The predicted molar refractivity (Wildman–Crippen MR) is 90.9 cm³/mol. The molecule has 3 aromatic heterocycles. The summed E-state index contributed by atoms with van der Waals surface area (Å²) < 4.78 is 15.9. The van der Waals surface area contributed by atoms with Gasteiger partial charge in [0, 0.05) is 17.6 Å². The van der Waals surface area contributed by atoms with Crippen LogP contribution in [0.3, 0.4) is 0 Å². The van der Waals surface area contributed by atoms with Crippen LogP contribution in [0.4, 0.5) is 4.39 Å². The second-order valence-electron chi connectivity index (χ2n) is 5.57. The average Bonchev–Trinajstić information content (AvgIpc) is 3.02. The van der Waals surface area contributed by atoms with Crippen LogP contribution in [0.25, 0.3) is 28.7 Å². The summed E-state index contributed by atoms with van der Waals surface area (Å²) in [6.45, 7) is 3.80. The summed E-state index contributed by atoms with van der Waals surface area (Å²) in [6.07, 6.45) is 5.19. The summed E-state index contributed by atoms with van der Waals surface area (Å²) in [4.78, 5) is 13.2. The van der Waals surface area contributed by atoms with Crippen molar-refractivity contribution in [3.8, 4) is 0 Å². The molecular weight excluding hydrogens is 305 g/mol. The van der Waals surface area contributed by atoms with Crippen LogP contribution in [-0.4, -0.2) is 24.6 Å². The first-order chi connectivity index (χ1) is 11.6. The number of hydrogen-bond acceptors (Lipinski definition) is 4. The van der Waals surface area contributed by atoms with Crippen molar-refractivity contribution in [2.24, 2.45) is 0 Å². The third-order valence-electron chi connectivity index (χ3n) is 3.81. The van der Waals surface area contributed by atoms with Gasteiger partial charge in [0.05, 0.1) is 22.6 Å². The maximum Gasteiger partial charge on any atom is 0.177 e. The van der Waals surface area contributed by atoms with E-state index in [0.717, 1.165) is 11.4 Å². The lowest BCUT2D eigenvalue weighted by molar-refractivity contribution is 0.638. The summed E-state index contributed by atoms with van der Waals surface area (Å²) in [5.74, 6) is 0.240. The number of fused-ring (bicyclic) bond motifs is 2. The molecule has 3 heterocycles. The van der Waals surface area contributed by atoms with Gasteiger partial charge >= 0.3 is 0 Å². The molecule has 4 aromatic rings. The van der Waals surface area contributed by atoms with Crippen LogP contribution in [-0.2, 0) is 0 Å². The van der Waals surface area contributed by atoms with Crippen LogP contribution in [0.2, 0.25) is 0 Å². The van der Waals surface area contributed by atoms with Crippen molar-refractivity contribution in [1.29, 1.82) is 0 Å². The number of hydrogen-bond donors (Lipinski definition) is 0. The molecule has 0 spiro atoms. The zero-order chi connectivity index (χ0) is 16.7. The van der Waals surface area contributed by atoms with Crippen LogP contribution < -0.4 is 0 Å². The van der Waals surface area contributed by atoms with Crippen LogP contribution in [0.1, 0.15) is 22.9 Å². The van der Waals surface area contributed by atoms with Gasteiger partial charge < -0.3 is 0 Å². The Morgan fingerprint density at radius 1 is 1.08 bits per heavy atom. The van der Waals surface area contributed by atoms with E-state index < -0.39 is 0 Å². The van der Waals surface area contributed by atoms with E-state index >= 15 is 0 Å². The number of aromatic nitrogens is 5. The Bertz CT molecular complexity index is 1060. The van der Waals surface area contributed by atoms with Gasteiger partial charge in [0.1, 0.15) is 5.82 Å². The van der Waals surface area contributed by atoms with E-state index in [2.05, 4.69) is 20.1 Å². The van der Waals surface area contributed by atoms with Gasteiger partial charge in [0.15, 0.2) is 11.5 Å². The highest BCUT2D eigenvalue weighted by atomic mass is 19.1. The molecule has 118 valence electrons. The third kappa shape index (κ3) is 2.42. The normalized spacial score (nSPS) is 11.8. The monoisotopic (exact) mass is 319 g/mol. The summed E-state index contributed by atoms with van der Waals surface area (Å²) >= 11 is 0. The van der Waals surface area contributed by atoms with Gasteiger partial charge in [-0.25, -0.2) is 18.9 Å². The van der Waals surface area contributed by atoms with Gasteiger partial charge in [-0.2, -0.15) is 0 Å². The minimum atomic E-state index is -0.293. The molecular formula is C18H14FN5. The second kappa shape index (κ2) is 5.49. The van der Waals surface area contributed by atoms with E-state index in [0.29, 0.717) is 28.1 Å². The summed E-state index contributed by atoms with van der Waals surface area (Å²) in [5.41, 5.74) is 3.57. The molecule has 0 N–H and O–H groups in total. The molecule has 6 heteroatoms. The number of pyridine rings is 1. The van der Waals surface area contributed by atoms with Crippen LogP contribution in [0.15, 0.2) is 36.5 Å². The first-order valence-electron chi connectivity index (χ1n) is 7.54. The van der Waals surface area contributed by atoms with Crippen LogP contribution in [0.5, 0.6) is 0 Å². The Morgan fingerprint density at radius 3 is 2.75 bits per heavy atom. The van der Waals surface area contributed by atoms with Gasteiger partial charge in [-0.1, -0.05) is 12.1 Å². The highest BCUT2D eigenvalue weighted by Gasteiger charge is 2.07. The number of halogens is 1. The molecule has 1 aromatic carbocycles. The number of para-hydroxylation sites is 1. The number of nitrogens with zero attached hydrogens (tertiary/aromatic N) is 5. The van der Waals surface area contributed by atoms with Crippen LogP contribution >= 0.6 is 0 Å². The third-order valence-corrected chi connectivity index (χ3v) is 3.81. The van der Waals surface area contributed by atoms with Gasteiger partial charge in [-0.05, 0) is 38.1 Å². The van der Waals surface area contributed by atoms with Crippen molar-refractivity contribution < 1.29 is 4.39 Å². The Labute approximate surface area is 137 Å². The lowest BCUT2D eigenvalue weighted by Crippen LogP contribution is -1.97. The average molecular weight is 319 g/mol. The first-order valence-corrected chi connectivity index (χ1v) is 7.54. The fourth-order valence-corrected chi connectivity index (χ4v) is 2.58. The van der Waals surface area contributed by atoms with E-state index in [-0.39, 0.29) is 5.82 Å². The summed E-state index contributed by atoms with van der Waals surface area (Å²) in [5, 5.41) is 4.94. The lowest BCUT2D eigenvalue weighted by atomic mass is 10.2. The van der Waals surface area contributed by atoms with E-state index in [1.54, 1.807) is 41.1 Å². The molecule has 0 saturated carbocycles. The zero-order valence-electron chi connectivity index (χ0n) is 13.2. The molecule has 0 atom stereocenters. The maximum absolute atomic E-state index is 14.1. The maximum atomic E-state index is 14.1. The van der Waals surface area contributed by atoms with Crippen molar-refractivity contribution in [1.82, 2.24) is 24.6 Å². The standard InChI is InChI=1S/C18H14FN5/c1-11-10-20-12(2)18-22-17(23-24(11)18)8-7-13-9-15(19)14-5-3-4-6-16(14)21-13/h3-10H,1-2H3. The minimum Gasteiger partial charge on any atom is -0.256 e. The molecule has 0 radical (unpaired) electrons. The fraction of sp³-hybridized carbons (Fsp3) is 0.111. The van der Waals surface area contributed by atoms with Gasteiger partial charge in [-0.15, -0.1) is 5.10 Å². The quantitative estimate of drug-likeness (QED) is 0.566. The number of benzene rings is 1. The van der Waals surface area contributed by atoms with E-state index in [9.17, 15) is 4.39 Å². The number of rotatable bonds is 2. The largest absolute Gasteiger partial charge is 0.256 e. The minimum absolute atomic E-state index is 0.293. The van der Waals surface area contributed by atoms with E-state index in [1.165, 1.54) is 6.07 Å². The molecule has 0 aliphatic carbocycles. The smallest absolute Gasteiger partial charge is 0.177 e. The summed E-state index contributed by atoms with van der Waals surface area (Å²) in [7, 11) is 0. The van der Waals surface area contributed by atoms with Crippen molar-refractivity contribution >= 4 is 28.7 Å². The Balaban J connectivity index is 1.75. The Hall–Kier alpha value is -3.15. The van der Waals surface area contributed by atoms with E-state index in [1.807, 2.05) is 19.9 Å². The SMILES string of the molecule is Cc1ncc(C)n2nc(C=Cc3cc(F)c4ccccc4n3)nc12. The van der Waals surface area contributed by atoms with E-state index in [4.69, 9.17) is 0 Å². The van der Waals surface area contributed by atoms with Gasteiger partial charge in [-0.3, -0.25) is 4.98 Å². The van der Waals surface area contributed by atoms with Crippen molar-refractivity contribution in [2.45, 2.75) is 13.8 Å². The second-order valence-corrected chi connectivity index (χ2v) is 5.57. The molecule has 0 aliphatic rings. The molecule has 0 unspecified atom stereocenters. The van der Waals surface area contributed by atoms with Crippen molar-refractivity contribution in [3.63, 3.8) is 0 Å². The zero-order valence-corrected chi connectivity index (χ0v) is 13.2. The topological polar surface area (TPSA) is 56.0 Å². The van der Waals surface area contributed by atoms with Crippen LogP contribution in [0, 0.1) is 19.7 Å². The fourth-order valence-electron chi connectivity index (χ4n) is 2.58. The highest BCUT2D eigenvalue weighted by Crippen LogP contribution is 2.18. The molecule has 4 rings (SSSR count). The van der Waals surface area contributed by atoms with Crippen molar-refractivity contribution in [3.05, 3.63) is 65.3 Å². The predicted octanol–water partition coefficient (Wildman–Crippen LogP) is 3.60. The molecule has 24 heavy (non-hydrogen) atoms. The number of aryl methyl sites for hydroxylation is 2. The summed E-state index contributed by atoms with van der Waals surface area (Å²) in [6, 6.07) is 8.55. The molecule has 0 aliphatic heterocycles. The lowest BCUT2D eigenvalue weighted by Gasteiger charge is -2.00. The van der Waals surface area contributed by atoms with Gasteiger partial charge in [0.25, 0.3) is 0 Å². The molecule has 0 fully saturated rings. The van der Waals surface area contributed by atoms with Gasteiger partial charge in [0.2, 0.25) is 0 Å². The van der Waals surface area contributed by atoms with Crippen molar-refractivity contribution in [2.75, 3.05) is 0 Å². The molecule has 0 amide bonds. The first kappa shape index (κ1) is 14.4. The molecule has 0 saturated heterocycles. The molecule has 0 bridgehead atoms. The highest BCUT2D eigenvalue weighted by molar-refractivity contribution is 5.81.